The highest BCUT2D eigenvalue weighted by molar-refractivity contribution is 5.97. The van der Waals surface area contributed by atoms with Crippen molar-refractivity contribution in [3.63, 3.8) is 0 Å². The van der Waals surface area contributed by atoms with E-state index in [2.05, 4.69) is 10.6 Å². The lowest BCUT2D eigenvalue weighted by molar-refractivity contribution is -0.148. The average molecular weight is 430 g/mol. The summed E-state index contributed by atoms with van der Waals surface area (Å²) in [5.74, 6) is -2.38. The van der Waals surface area contributed by atoms with Crippen molar-refractivity contribution in [2.45, 2.75) is 46.6 Å². The number of hydrogen-bond acceptors (Lipinski definition) is 4. The minimum Gasteiger partial charge on any atom is -0.457 e. The lowest BCUT2D eigenvalue weighted by Crippen LogP contribution is -2.22. The molecular formula is C24H28F2N2O3. The highest BCUT2D eigenvalue weighted by atomic mass is 19.1. The monoisotopic (exact) mass is 430 g/mol. The molecule has 166 valence electrons. The first kappa shape index (κ1) is 24.1. The predicted molar refractivity (Wildman–Crippen MR) is 119 cm³/mol. The summed E-state index contributed by atoms with van der Waals surface area (Å²) in [4.78, 5) is 24.6. The summed E-state index contributed by atoms with van der Waals surface area (Å²) >= 11 is 0. The van der Waals surface area contributed by atoms with Crippen molar-refractivity contribution in [1.29, 1.82) is 0 Å². The highest BCUT2D eigenvalue weighted by Crippen LogP contribution is 2.27. The Balaban J connectivity index is 2.24. The van der Waals surface area contributed by atoms with Crippen LogP contribution in [0.4, 0.5) is 20.2 Å². The van der Waals surface area contributed by atoms with E-state index in [0.29, 0.717) is 23.5 Å². The fourth-order valence-electron chi connectivity index (χ4n) is 2.86. The molecule has 2 rings (SSSR count). The van der Waals surface area contributed by atoms with E-state index in [1.165, 1.54) is 12.1 Å². The Morgan fingerprint density at radius 1 is 1.06 bits per heavy atom. The molecule has 5 nitrogen and oxygen atoms in total. The number of esters is 1. The molecule has 0 saturated carbocycles. The molecule has 0 atom stereocenters. The molecule has 0 saturated heterocycles. The second-order valence-electron chi connectivity index (χ2n) is 8.11. The number of hydrogen-bond donors (Lipinski definition) is 2. The number of halogens is 2. The molecule has 31 heavy (non-hydrogen) atoms. The molecule has 2 aromatic carbocycles. The lowest BCUT2D eigenvalue weighted by atomic mass is 10.0. The summed E-state index contributed by atoms with van der Waals surface area (Å²) in [7, 11) is 0. The van der Waals surface area contributed by atoms with E-state index < -0.39 is 29.1 Å². The molecule has 0 aliphatic carbocycles. The average Bonchev–Trinajstić information content (AvgIpc) is 2.64. The van der Waals surface area contributed by atoms with Gasteiger partial charge in [-0.25, -0.2) is 13.6 Å². The molecule has 2 N–H and O–H groups in total. The molecular weight excluding hydrogens is 402 g/mol. The molecule has 0 aromatic heterocycles. The van der Waals surface area contributed by atoms with Crippen molar-refractivity contribution in [2.24, 2.45) is 0 Å². The molecule has 0 fully saturated rings. The number of allylic oxidation sites excluding steroid dienone is 1. The van der Waals surface area contributed by atoms with Crippen molar-refractivity contribution in [3.05, 3.63) is 65.2 Å². The summed E-state index contributed by atoms with van der Waals surface area (Å²) in [6.45, 7) is 9.68. The fourth-order valence-corrected chi connectivity index (χ4v) is 2.86. The third-order valence-corrected chi connectivity index (χ3v) is 4.22. The summed E-state index contributed by atoms with van der Waals surface area (Å²) in [5, 5.41) is 5.92. The number of nitrogens with one attached hydrogen (secondary N) is 2. The Labute approximate surface area is 181 Å². The molecule has 0 spiro atoms. The molecule has 7 heteroatoms. The van der Waals surface area contributed by atoms with E-state index in [1.807, 2.05) is 13.0 Å². The van der Waals surface area contributed by atoms with Crippen LogP contribution in [0.2, 0.25) is 0 Å². The molecule has 0 heterocycles. The smallest absolute Gasteiger partial charge is 0.331 e. The summed E-state index contributed by atoms with van der Waals surface area (Å²) in [6.07, 6.45) is 1.15. The lowest BCUT2D eigenvalue weighted by Gasteiger charge is -2.18. The maximum absolute atomic E-state index is 13.9. The molecule has 0 unspecified atom stereocenters. The van der Waals surface area contributed by atoms with Crippen molar-refractivity contribution in [1.82, 2.24) is 0 Å². The number of ether oxygens (including phenoxy) is 1. The fraction of sp³-hybridized carbons (Fsp3) is 0.333. The number of carbonyl (C=O) groups excluding carboxylic acids is 2. The zero-order valence-electron chi connectivity index (χ0n) is 18.4. The SMILES string of the molecule is CCNc1ccc(/C(C)=C/C(=O)OC(C)(C)C)cc1NC(=O)Cc1ccc(F)cc1F. The van der Waals surface area contributed by atoms with Gasteiger partial charge in [0.05, 0.1) is 17.8 Å². The molecule has 0 aliphatic heterocycles. The van der Waals surface area contributed by atoms with Gasteiger partial charge in [-0.05, 0) is 69.5 Å². The van der Waals surface area contributed by atoms with E-state index >= 15 is 0 Å². The molecule has 0 radical (unpaired) electrons. The number of amides is 1. The molecule has 0 aliphatic rings. The van der Waals surface area contributed by atoms with Gasteiger partial charge in [0.15, 0.2) is 0 Å². The van der Waals surface area contributed by atoms with Crippen LogP contribution in [0, 0.1) is 11.6 Å². The number of carbonyl (C=O) groups is 2. The highest BCUT2D eigenvalue weighted by Gasteiger charge is 2.16. The first-order valence-corrected chi connectivity index (χ1v) is 10.0. The van der Waals surface area contributed by atoms with Crippen LogP contribution in [0.3, 0.4) is 0 Å². The summed E-state index contributed by atoms with van der Waals surface area (Å²) in [5.41, 5.74) is 2.06. The quantitative estimate of drug-likeness (QED) is 0.461. The van der Waals surface area contributed by atoms with Gasteiger partial charge < -0.3 is 15.4 Å². The van der Waals surface area contributed by atoms with Gasteiger partial charge in [0.25, 0.3) is 0 Å². The maximum atomic E-state index is 13.9. The minimum absolute atomic E-state index is 0.0982. The first-order chi connectivity index (χ1) is 14.5. The zero-order valence-corrected chi connectivity index (χ0v) is 18.4. The van der Waals surface area contributed by atoms with Crippen molar-refractivity contribution < 1.29 is 23.1 Å². The third-order valence-electron chi connectivity index (χ3n) is 4.22. The van der Waals surface area contributed by atoms with Gasteiger partial charge in [-0.2, -0.15) is 0 Å². The van der Waals surface area contributed by atoms with Crippen LogP contribution in [-0.4, -0.2) is 24.0 Å². The second-order valence-corrected chi connectivity index (χ2v) is 8.11. The Hall–Kier alpha value is -3.22. The normalized spacial score (nSPS) is 11.8. The Morgan fingerprint density at radius 3 is 2.39 bits per heavy atom. The molecule has 1 amide bonds. The predicted octanol–water partition coefficient (Wildman–Crippen LogP) is 5.32. The van der Waals surface area contributed by atoms with Crippen LogP contribution < -0.4 is 10.6 Å². The largest absolute Gasteiger partial charge is 0.457 e. The molecule has 2 aromatic rings. The van der Waals surface area contributed by atoms with Crippen molar-refractivity contribution >= 4 is 28.8 Å². The van der Waals surface area contributed by atoms with E-state index in [9.17, 15) is 18.4 Å². The third kappa shape index (κ3) is 7.51. The van der Waals surface area contributed by atoms with E-state index in [0.717, 1.165) is 17.7 Å². The zero-order chi connectivity index (χ0) is 23.2. The van der Waals surface area contributed by atoms with Crippen LogP contribution in [0.5, 0.6) is 0 Å². The van der Waals surface area contributed by atoms with Crippen LogP contribution >= 0.6 is 0 Å². The summed E-state index contributed by atoms with van der Waals surface area (Å²) in [6, 6.07) is 8.45. The minimum atomic E-state index is -0.771. The maximum Gasteiger partial charge on any atom is 0.331 e. The van der Waals surface area contributed by atoms with Crippen LogP contribution in [0.15, 0.2) is 42.5 Å². The van der Waals surface area contributed by atoms with Crippen molar-refractivity contribution in [2.75, 3.05) is 17.2 Å². The summed E-state index contributed by atoms with van der Waals surface area (Å²) < 4.78 is 32.3. The Morgan fingerprint density at radius 2 is 1.77 bits per heavy atom. The number of benzene rings is 2. The van der Waals surface area contributed by atoms with E-state index in [1.54, 1.807) is 39.8 Å². The van der Waals surface area contributed by atoms with E-state index in [4.69, 9.17) is 4.74 Å². The standard InChI is InChI=1S/C24H28F2N2O3/c1-6-27-20-10-8-16(15(2)11-23(30)31-24(3,4)5)12-21(20)28-22(29)13-17-7-9-18(25)14-19(17)26/h7-12,14,27H,6,13H2,1-5H3,(H,28,29)/b15-11+. The number of rotatable bonds is 7. The van der Waals surface area contributed by atoms with Crippen molar-refractivity contribution in [3.8, 4) is 0 Å². The van der Waals surface area contributed by atoms with Gasteiger partial charge in [0.2, 0.25) is 5.91 Å². The first-order valence-electron chi connectivity index (χ1n) is 10.0. The van der Waals surface area contributed by atoms with Crippen LogP contribution in [0.1, 0.15) is 45.7 Å². The van der Waals surface area contributed by atoms with Gasteiger partial charge >= 0.3 is 5.97 Å². The van der Waals surface area contributed by atoms with Crippen LogP contribution in [-0.2, 0) is 20.7 Å². The van der Waals surface area contributed by atoms with E-state index in [-0.39, 0.29) is 12.0 Å². The topological polar surface area (TPSA) is 67.4 Å². The van der Waals surface area contributed by atoms with Gasteiger partial charge in [-0.15, -0.1) is 0 Å². The van der Waals surface area contributed by atoms with Gasteiger partial charge in [-0.3, -0.25) is 4.79 Å². The second kappa shape index (κ2) is 10.2. The number of anilines is 2. The Bertz CT molecular complexity index is 995. The molecule has 0 bridgehead atoms. The van der Waals surface area contributed by atoms with Crippen LogP contribution in [0.25, 0.3) is 5.57 Å². The van der Waals surface area contributed by atoms with Gasteiger partial charge in [0.1, 0.15) is 17.2 Å². The van der Waals surface area contributed by atoms with Gasteiger partial charge in [-0.1, -0.05) is 12.1 Å². The van der Waals surface area contributed by atoms with Gasteiger partial charge in [0, 0.05) is 18.7 Å². The Kier molecular flexibility index (Phi) is 7.91.